The number of benzene rings is 7. The SMILES string of the molecule is c1ccc(-c2nc(-c3ccccc3)nc(-c3ccc(-c4ccc5c(ccc6ccc7ccc8c9ccccc9oc8c7c65)c4)nc3)n2)cc1. The molecule has 0 bridgehead atoms. The van der Waals surface area contributed by atoms with Crippen LogP contribution in [0.15, 0.2) is 162 Å². The fourth-order valence-electron chi connectivity index (χ4n) is 6.94. The van der Waals surface area contributed by atoms with Crippen molar-refractivity contribution >= 4 is 54.3 Å². The van der Waals surface area contributed by atoms with Crippen LogP contribution in [-0.4, -0.2) is 19.9 Å². The van der Waals surface area contributed by atoms with Gasteiger partial charge in [-0.2, -0.15) is 0 Å². The van der Waals surface area contributed by atoms with Crippen LogP contribution in [0.3, 0.4) is 0 Å². The molecule has 5 heteroatoms. The lowest BCUT2D eigenvalue weighted by Gasteiger charge is -2.11. The molecule has 5 nitrogen and oxygen atoms in total. The summed E-state index contributed by atoms with van der Waals surface area (Å²) in [7, 11) is 0. The minimum Gasteiger partial charge on any atom is -0.455 e. The van der Waals surface area contributed by atoms with E-state index in [1.165, 1.54) is 16.2 Å². The molecule has 10 aromatic rings. The Kier molecular flexibility index (Phi) is 6.11. The molecule has 0 N–H and O–H groups in total. The summed E-state index contributed by atoms with van der Waals surface area (Å²) < 4.78 is 6.50. The van der Waals surface area contributed by atoms with Crippen molar-refractivity contribution in [2.75, 3.05) is 0 Å². The minimum absolute atomic E-state index is 0.584. The van der Waals surface area contributed by atoms with Crippen LogP contribution in [0.4, 0.5) is 0 Å². The predicted molar refractivity (Wildman–Crippen MR) is 199 cm³/mol. The van der Waals surface area contributed by atoms with E-state index >= 15 is 0 Å². The quantitative estimate of drug-likeness (QED) is 0.182. The maximum atomic E-state index is 6.50. The molecule has 0 fully saturated rings. The molecular formula is C44H26N4O. The Bertz CT molecular complexity index is 2800. The lowest BCUT2D eigenvalue weighted by molar-refractivity contribution is 0.673. The number of furan rings is 1. The van der Waals surface area contributed by atoms with Gasteiger partial charge in [0.2, 0.25) is 0 Å². The van der Waals surface area contributed by atoms with Gasteiger partial charge < -0.3 is 4.42 Å². The van der Waals surface area contributed by atoms with Gasteiger partial charge in [-0.1, -0.05) is 121 Å². The highest BCUT2D eigenvalue weighted by molar-refractivity contribution is 6.28. The fourth-order valence-corrected chi connectivity index (χ4v) is 6.94. The van der Waals surface area contributed by atoms with Crippen molar-refractivity contribution in [3.8, 4) is 45.4 Å². The second-order valence-electron chi connectivity index (χ2n) is 12.3. The summed E-state index contributed by atoms with van der Waals surface area (Å²) in [6.07, 6.45) is 1.85. The maximum absolute atomic E-state index is 6.50. The Labute approximate surface area is 281 Å². The molecule has 3 heterocycles. The standard InChI is InChI=1S/C44H26N4O/c1-3-9-29(10-4-1)42-46-43(30-11-5-2-6-12-30)48-44(47-42)33-21-24-37(45-26-33)32-20-22-34-31(25-32)18-17-27-15-16-28-19-23-36-35-13-7-8-14-38(35)49-41(36)40(28)39(27)34/h1-26H. The number of hydrogen-bond acceptors (Lipinski definition) is 5. The van der Waals surface area contributed by atoms with Crippen LogP contribution in [0.2, 0.25) is 0 Å². The smallest absolute Gasteiger partial charge is 0.165 e. The van der Waals surface area contributed by atoms with E-state index in [9.17, 15) is 0 Å². The highest BCUT2D eigenvalue weighted by Crippen LogP contribution is 2.40. The number of fused-ring (bicyclic) bond motifs is 9. The summed E-state index contributed by atoms with van der Waals surface area (Å²) in [4.78, 5) is 19.4. The lowest BCUT2D eigenvalue weighted by atomic mass is 9.94. The summed E-state index contributed by atoms with van der Waals surface area (Å²) in [5, 5.41) is 9.30. The van der Waals surface area contributed by atoms with E-state index in [1.807, 2.05) is 91.1 Å². The first-order valence-electron chi connectivity index (χ1n) is 16.3. The number of hydrogen-bond donors (Lipinski definition) is 0. The van der Waals surface area contributed by atoms with Gasteiger partial charge in [-0.15, -0.1) is 0 Å². The van der Waals surface area contributed by atoms with Crippen LogP contribution in [0.1, 0.15) is 0 Å². The molecule has 3 aromatic heterocycles. The first-order chi connectivity index (χ1) is 24.3. The van der Waals surface area contributed by atoms with Gasteiger partial charge >= 0.3 is 0 Å². The number of pyridine rings is 1. The third-order valence-electron chi connectivity index (χ3n) is 9.34. The fraction of sp³-hybridized carbons (Fsp3) is 0. The van der Waals surface area contributed by atoms with Crippen molar-refractivity contribution in [1.82, 2.24) is 19.9 Å². The second kappa shape index (κ2) is 10.9. The van der Waals surface area contributed by atoms with Crippen molar-refractivity contribution < 1.29 is 4.42 Å². The van der Waals surface area contributed by atoms with Crippen molar-refractivity contribution in [3.63, 3.8) is 0 Å². The van der Waals surface area contributed by atoms with Gasteiger partial charge in [0.15, 0.2) is 17.5 Å². The largest absolute Gasteiger partial charge is 0.455 e. The summed E-state index contributed by atoms with van der Waals surface area (Å²) >= 11 is 0. The molecule has 0 unspecified atom stereocenters. The van der Waals surface area contributed by atoms with Crippen LogP contribution in [-0.2, 0) is 0 Å². The van der Waals surface area contributed by atoms with Gasteiger partial charge in [-0.3, -0.25) is 4.98 Å². The third-order valence-corrected chi connectivity index (χ3v) is 9.34. The van der Waals surface area contributed by atoms with Crippen molar-refractivity contribution in [2.24, 2.45) is 0 Å². The van der Waals surface area contributed by atoms with Crippen molar-refractivity contribution in [2.45, 2.75) is 0 Å². The van der Waals surface area contributed by atoms with Gasteiger partial charge in [0.25, 0.3) is 0 Å². The molecule has 228 valence electrons. The molecule has 0 saturated carbocycles. The summed E-state index contributed by atoms with van der Waals surface area (Å²) in [6.45, 7) is 0. The Morgan fingerprint density at radius 1 is 0.388 bits per heavy atom. The number of para-hydroxylation sites is 1. The number of nitrogens with zero attached hydrogens (tertiary/aromatic N) is 4. The number of rotatable bonds is 4. The Morgan fingerprint density at radius 2 is 0.959 bits per heavy atom. The average molecular weight is 627 g/mol. The van der Waals surface area contributed by atoms with Crippen LogP contribution >= 0.6 is 0 Å². The summed E-state index contributed by atoms with van der Waals surface area (Å²) in [5.74, 6) is 1.84. The molecular weight excluding hydrogens is 601 g/mol. The van der Waals surface area contributed by atoms with E-state index < -0.39 is 0 Å². The molecule has 0 amide bonds. The van der Waals surface area contributed by atoms with Crippen LogP contribution < -0.4 is 0 Å². The minimum atomic E-state index is 0.584. The Balaban J connectivity index is 1.08. The zero-order valence-electron chi connectivity index (χ0n) is 26.2. The van der Waals surface area contributed by atoms with Crippen LogP contribution in [0, 0.1) is 0 Å². The molecule has 0 aliphatic heterocycles. The molecule has 0 aliphatic carbocycles. The van der Waals surface area contributed by atoms with Gasteiger partial charge in [0.1, 0.15) is 11.2 Å². The molecule has 0 radical (unpaired) electrons. The van der Waals surface area contributed by atoms with Crippen LogP contribution in [0.25, 0.3) is 99.7 Å². The molecule has 7 aromatic carbocycles. The molecule has 0 saturated heterocycles. The van der Waals surface area contributed by atoms with E-state index in [-0.39, 0.29) is 0 Å². The van der Waals surface area contributed by atoms with E-state index in [0.717, 1.165) is 66.0 Å². The second-order valence-corrected chi connectivity index (χ2v) is 12.3. The highest BCUT2D eigenvalue weighted by Gasteiger charge is 2.16. The Morgan fingerprint density at radius 3 is 1.65 bits per heavy atom. The van der Waals surface area contributed by atoms with Gasteiger partial charge in [-0.25, -0.2) is 15.0 Å². The summed E-state index contributed by atoms with van der Waals surface area (Å²) in [6, 6.07) is 52.1. The van der Waals surface area contributed by atoms with Gasteiger partial charge in [-0.05, 0) is 51.9 Å². The first-order valence-corrected chi connectivity index (χ1v) is 16.3. The highest BCUT2D eigenvalue weighted by atomic mass is 16.3. The predicted octanol–water partition coefficient (Wildman–Crippen LogP) is 11.3. The van der Waals surface area contributed by atoms with E-state index in [0.29, 0.717) is 17.5 Å². The Hall–Kier alpha value is -6.72. The zero-order valence-corrected chi connectivity index (χ0v) is 26.2. The van der Waals surface area contributed by atoms with Crippen molar-refractivity contribution in [1.29, 1.82) is 0 Å². The number of aromatic nitrogens is 4. The molecule has 0 atom stereocenters. The topological polar surface area (TPSA) is 64.7 Å². The average Bonchev–Trinajstić information content (AvgIpc) is 3.57. The van der Waals surface area contributed by atoms with E-state index in [4.69, 9.17) is 24.4 Å². The van der Waals surface area contributed by atoms with E-state index in [1.54, 1.807) is 0 Å². The monoisotopic (exact) mass is 626 g/mol. The van der Waals surface area contributed by atoms with Gasteiger partial charge in [0.05, 0.1) is 5.69 Å². The summed E-state index contributed by atoms with van der Waals surface area (Å²) in [5.41, 5.74) is 6.46. The van der Waals surface area contributed by atoms with Crippen LogP contribution in [0.5, 0.6) is 0 Å². The first kappa shape index (κ1) is 27.4. The normalized spacial score (nSPS) is 11.7. The van der Waals surface area contributed by atoms with Crippen molar-refractivity contribution in [3.05, 3.63) is 158 Å². The zero-order chi connectivity index (χ0) is 32.3. The molecule has 0 spiro atoms. The third kappa shape index (κ3) is 4.55. The van der Waals surface area contributed by atoms with Gasteiger partial charge in [0, 0.05) is 50.0 Å². The maximum Gasteiger partial charge on any atom is 0.165 e. The van der Waals surface area contributed by atoms with E-state index in [2.05, 4.69) is 66.7 Å². The molecule has 0 aliphatic rings. The molecule has 49 heavy (non-hydrogen) atoms. The molecule has 10 rings (SSSR count). The lowest BCUT2D eigenvalue weighted by Crippen LogP contribution is -2.00.